The summed E-state index contributed by atoms with van der Waals surface area (Å²) in [5.74, 6) is -1.67. The second-order valence-electron chi connectivity index (χ2n) is 5.70. The molecule has 2 aromatic carbocycles. The van der Waals surface area contributed by atoms with Gasteiger partial charge in [-0.2, -0.15) is 10.4 Å². The van der Waals surface area contributed by atoms with Crippen molar-refractivity contribution in [3.63, 3.8) is 0 Å². The number of nitrogens with one attached hydrogen (secondary N) is 1. The highest BCUT2D eigenvalue weighted by Gasteiger charge is 2.11. The molecule has 0 saturated heterocycles. The van der Waals surface area contributed by atoms with Gasteiger partial charge in [-0.15, -0.1) is 0 Å². The average Bonchev–Trinajstić information content (AvgIpc) is 3.15. The Morgan fingerprint density at radius 3 is 2.43 bits per heavy atom. The molecule has 0 saturated carbocycles. The van der Waals surface area contributed by atoms with Crippen LogP contribution in [-0.2, 0) is 4.79 Å². The Morgan fingerprint density at radius 1 is 1.14 bits per heavy atom. The SMILES string of the molecule is N#C/C(=C\c1cnn(-c2ccc(Cl)cc2)c1)C(=O)Nc1ccc(C(=O)O)cc1. The molecule has 1 heterocycles. The molecule has 0 fully saturated rings. The van der Waals surface area contributed by atoms with Crippen LogP contribution in [0.5, 0.6) is 0 Å². The van der Waals surface area contributed by atoms with Gasteiger partial charge in [0.25, 0.3) is 5.91 Å². The highest BCUT2D eigenvalue weighted by atomic mass is 35.5. The Labute approximate surface area is 165 Å². The fourth-order valence-corrected chi connectivity index (χ4v) is 2.48. The molecule has 0 bridgehead atoms. The van der Waals surface area contributed by atoms with Gasteiger partial charge in [0, 0.05) is 22.5 Å². The van der Waals surface area contributed by atoms with Crippen molar-refractivity contribution in [2.45, 2.75) is 0 Å². The number of nitrogens with zero attached hydrogens (tertiary/aromatic N) is 3. The Kier molecular flexibility index (Phi) is 5.53. The van der Waals surface area contributed by atoms with Gasteiger partial charge in [-0.3, -0.25) is 4.79 Å². The smallest absolute Gasteiger partial charge is 0.335 e. The summed E-state index contributed by atoms with van der Waals surface area (Å²) in [7, 11) is 0. The van der Waals surface area contributed by atoms with Crippen LogP contribution in [0.3, 0.4) is 0 Å². The quantitative estimate of drug-likeness (QED) is 0.507. The van der Waals surface area contributed by atoms with Gasteiger partial charge in [-0.05, 0) is 54.6 Å². The normalized spacial score (nSPS) is 10.9. The number of halogens is 1. The third-order valence-corrected chi connectivity index (χ3v) is 4.01. The summed E-state index contributed by atoms with van der Waals surface area (Å²) >= 11 is 5.87. The highest BCUT2D eigenvalue weighted by Crippen LogP contribution is 2.16. The number of carbonyl (C=O) groups is 2. The number of rotatable bonds is 5. The molecule has 7 nitrogen and oxygen atoms in total. The van der Waals surface area contributed by atoms with Gasteiger partial charge in [0.1, 0.15) is 11.6 Å². The zero-order chi connectivity index (χ0) is 20.1. The van der Waals surface area contributed by atoms with Crippen molar-refractivity contribution in [2.24, 2.45) is 0 Å². The summed E-state index contributed by atoms with van der Waals surface area (Å²) in [6.07, 6.45) is 4.62. The number of carboxylic acids is 1. The molecule has 1 amide bonds. The molecule has 2 N–H and O–H groups in total. The summed E-state index contributed by atoms with van der Waals surface area (Å²) in [6, 6.07) is 14.5. The van der Waals surface area contributed by atoms with E-state index in [9.17, 15) is 14.9 Å². The largest absolute Gasteiger partial charge is 0.478 e. The van der Waals surface area contributed by atoms with Crippen molar-refractivity contribution in [3.05, 3.63) is 82.6 Å². The minimum atomic E-state index is -1.06. The fraction of sp³-hybridized carbons (Fsp3) is 0. The minimum Gasteiger partial charge on any atom is -0.478 e. The topological polar surface area (TPSA) is 108 Å². The number of amides is 1. The lowest BCUT2D eigenvalue weighted by atomic mass is 10.1. The Morgan fingerprint density at radius 2 is 1.82 bits per heavy atom. The average molecular weight is 393 g/mol. The van der Waals surface area contributed by atoms with Crippen molar-refractivity contribution in [2.75, 3.05) is 5.32 Å². The molecule has 3 aromatic rings. The maximum atomic E-state index is 12.3. The summed E-state index contributed by atoms with van der Waals surface area (Å²) in [5.41, 5.74) is 1.73. The number of aromatic carboxylic acids is 1. The van der Waals surface area contributed by atoms with E-state index < -0.39 is 11.9 Å². The molecule has 28 heavy (non-hydrogen) atoms. The predicted molar refractivity (Wildman–Crippen MR) is 104 cm³/mol. The molecule has 8 heteroatoms. The van der Waals surface area contributed by atoms with Gasteiger partial charge in [0.2, 0.25) is 0 Å². The molecule has 0 radical (unpaired) electrons. The van der Waals surface area contributed by atoms with Crippen molar-refractivity contribution in [1.29, 1.82) is 5.26 Å². The van der Waals surface area contributed by atoms with Gasteiger partial charge < -0.3 is 10.4 Å². The van der Waals surface area contributed by atoms with Crippen LogP contribution in [0.4, 0.5) is 5.69 Å². The number of carbonyl (C=O) groups excluding carboxylic acids is 1. The lowest BCUT2D eigenvalue weighted by Gasteiger charge is -2.04. The molecular formula is C20H13ClN4O3. The van der Waals surface area contributed by atoms with E-state index in [2.05, 4.69) is 10.4 Å². The molecule has 0 aliphatic heterocycles. The summed E-state index contributed by atoms with van der Waals surface area (Å²) < 4.78 is 1.60. The summed E-state index contributed by atoms with van der Waals surface area (Å²) in [6.45, 7) is 0. The van der Waals surface area contributed by atoms with E-state index in [1.54, 1.807) is 35.1 Å². The maximum absolute atomic E-state index is 12.3. The number of carboxylic acid groups (broad SMARTS) is 1. The molecule has 1 aromatic heterocycles. The molecule has 3 rings (SSSR count). The molecular weight excluding hydrogens is 380 g/mol. The first-order chi connectivity index (χ1) is 13.5. The first-order valence-corrected chi connectivity index (χ1v) is 8.41. The van der Waals surface area contributed by atoms with Gasteiger partial charge in [0.15, 0.2) is 0 Å². The number of benzene rings is 2. The second-order valence-corrected chi connectivity index (χ2v) is 6.14. The zero-order valence-electron chi connectivity index (χ0n) is 14.3. The van der Waals surface area contributed by atoms with E-state index in [0.717, 1.165) is 5.69 Å². The van der Waals surface area contributed by atoms with Gasteiger partial charge >= 0.3 is 5.97 Å². The number of aromatic nitrogens is 2. The Hall–Kier alpha value is -3.89. The van der Waals surface area contributed by atoms with E-state index in [0.29, 0.717) is 16.3 Å². The monoisotopic (exact) mass is 392 g/mol. The van der Waals surface area contributed by atoms with Crippen molar-refractivity contribution < 1.29 is 14.7 Å². The van der Waals surface area contributed by atoms with Crippen molar-refractivity contribution >= 4 is 35.2 Å². The van der Waals surface area contributed by atoms with Crippen molar-refractivity contribution in [3.8, 4) is 11.8 Å². The molecule has 0 unspecified atom stereocenters. The maximum Gasteiger partial charge on any atom is 0.335 e. The Balaban J connectivity index is 1.76. The number of nitriles is 1. The van der Waals surface area contributed by atoms with Crippen LogP contribution in [0, 0.1) is 11.3 Å². The van der Waals surface area contributed by atoms with E-state index in [1.165, 1.54) is 36.5 Å². The predicted octanol–water partition coefficient (Wildman–Crippen LogP) is 3.77. The number of anilines is 1. The van der Waals surface area contributed by atoms with Crippen molar-refractivity contribution in [1.82, 2.24) is 9.78 Å². The Bertz CT molecular complexity index is 1090. The number of hydrogen-bond donors (Lipinski definition) is 2. The van der Waals surface area contributed by atoms with Crippen LogP contribution < -0.4 is 5.32 Å². The first-order valence-electron chi connectivity index (χ1n) is 8.03. The number of hydrogen-bond acceptors (Lipinski definition) is 4. The van der Waals surface area contributed by atoms with Crippen LogP contribution in [0.25, 0.3) is 11.8 Å². The van der Waals surface area contributed by atoms with Crippen LogP contribution in [0.1, 0.15) is 15.9 Å². The van der Waals surface area contributed by atoms with Crippen LogP contribution >= 0.6 is 11.6 Å². The van der Waals surface area contributed by atoms with Gasteiger partial charge in [-0.25, -0.2) is 9.48 Å². The third-order valence-electron chi connectivity index (χ3n) is 3.76. The minimum absolute atomic E-state index is 0.101. The van der Waals surface area contributed by atoms with Gasteiger partial charge in [-0.1, -0.05) is 11.6 Å². The lowest BCUT2D eigenvalue weighted by Crippen LogP contribution is -2.13. The van der Waals surface area contributed by atoms with Crippen LogP contribution in [0.2, 0.25) is 5.02 Å². The molecule has 0 aliphatic rings. The van der Waals surface area contributed by atoms with E-state index in [1.807, 2.05) is 6.07 Å². The van der Waals surface area contributed by atoms with E-state index >= 15 is 0 Å². The van der Waals surface area contributed by atoms with Crippen LogP contribution in [-0.4, -0.2) is 26.8 Å². The molecule has 0 atom stereocenters. The standard InChI is InChI=1S/C20H13ClN4O3/c21-16-3-7-18(8-4-16)25-12-13(11-23-25)9-15(10-22)19(26)24-17-5-1-14(2-6-17)20(27)28/h1-9,11-12H,(H,24,26)(H,27,28)/b15-9+. The molecule has 0 spiro atoms. The molecule has 138 valence electrons. The fourth-order valence-electron chi connectivity index (χ4n) is 2.36. The lowest BCUT2D eigenvalue weighted by molar-refractivity contribution is -0.112. The van der Waals surface area contributed by atoms with E-state index in [-0.39, 0.29) is 11.1 Å². The van der Waals surface area contributed by atoms with Crippen LogP contribution in [0.15, 0.2) is 66.5 Å². The first kappa shape index (κ1) is 18.9. The third kappa shape index (κ3) is 4.44. The summed E-state index contributed by atoms with van der Waals surface area (Å²) in [4.78, 5) is 23.2. The summed E-state index contributed by atoms with van der Waals surface area (Å²) in [5, 5.41) is 25.6. The second kappa shape index (κ2) is 8.20. The molecule has 0 aliphatic carbocycles. The zero-order valence-corrected chi connectivity index (χ0v) is 15.1. The van der Waals surface area contributed by atoms with Gasteiger partial charge in [0.05, 0.1) is 17.4 Å². The van der Waals surface area contributed by atoms with E-state index in [4.69, 9.17) is 16.7 Å². The highest BCUT2D eigenvalue weighted by molar-refractivity contribution is 6.30.